The fraction of sp³-hybridized carbons (Fsp3) is 0.818. The average Bonchev–Trinajstić information content (AvgIpc) is 3.47. The summed E-state index contributed by atoms with van der Waals surface area (Å²) >= 11 is 0. The van der Waals surface area contributed by atoms with Crippen molar-refractivity contribution in [1.29, 1.82) is 0 Å². The first-order chi connectivity index (χ1) is 28.3. The molecule has 15 heteroatoms. The van der Waals surface area contributed by atoms with Gasteiger partial charge in [-0.2, -0.15) is 0 Å². The molecule has 0 aromatic heterocycles. The minimum absolute atomic E-state index is 0.0307. The third-order valence-electron chi connectivity index (χ3n) is 10.6. The van der Waals surface area contributed by atoms with Crippen LogP contribution in [-0.2, 0) is 42.3 Å². The van der Waals surface area contributed by atoms with E-state index in [1.165, 1.54) is 70.6 Å². The molecule has 0 aromatic carbocycles. The summed E-state index contributed by atoms with van der Waals surface area (Å²) in [5, 5.41) is 29.6. The molecule has 6 N–H and O–H groups in total. The fourth-order valence-corrected chi connectivity index (χ4v) is 7.71. The van der Waals surface area contributed by atoms with E-state index >= 15 is 0 Å². The zero-order chi connectivity index (χ0) is 43.7. The number of phosphoric acid groups is 1. The number of carboxylic acid groups (broad SMARTS) is 1. The maximum Gasteiger partial charge on any atom is 0.472 e. The molecular formula is C44H78NO13P. The topological polar surface area (TPSA) is 229 Å². The first kappa shape index (κ1) is 54.6. The Balaban J connectivity index is 2.50. The predicted octanol–water partition coefficient (Wildman–Crippen LogP) is 8.43. The lowest BCUT2D eigenvalue weighted by atomic mass is 9.90. The first-order valence-corrected chi connectivity index (χ1v) is 24.0. The number of unbranched alkanes of at least 4 members (excludes halogenated alkanes) is 17. The number of ether oxygens (including phenoxy) is 2. The number of carboxylic acids is 1. The molecule has 0 saturated heterocycles. The molecule has 0 aromatic rings. The molecule has 0 bridgehead atoms. The highest BCUT2D eigenvalue weighted by Crippen LogP contribution is 2.43. The molecule has 59 heavy (non-hydrogen) atoms. The summed E-state index contributed by atoms with van der Waals surface area (Å²) in [4.78, 5) is 58.7. The third-order valence-corrected chi connectivity index (χ3v) is 11.5. The lowest BCUT2D eigenvalue weighted by Gasteiger charge is -2.20. The van der Waals surface area contributed by atoms with Crippen molar-refractivity contribution in [3.05, 3.63) is 24.3 Å². The van der Waals surface area contributed by atoms with E-state index in [0.717, 1.165) is 38.5 Å². The van der Waals surface area contributed by atoms with Gasteiger partial charge in [-0.1, -0.05) is 147 Å². The van der Waals surface area contributed by atoms with Gasteiger partial charge in [-0.3, -0.25) is 28.2 Å². The molecule has 0 spiro atoms. The largest absolute Gasteiger partial charge is 0.480 e. The molecule has 7 atom stereocenters. The molecule has 1 aliphatic rings. The van der Waals surface area contributed by atoms with E-state index in [-0.39, 0.29) is 31.0 Å². The zero-order valence-corrected chi connectivity index (χ0v) is 37.0. The van der Waals surface area contributed by atoms with Gasteiger partial charge in [0.15, 0.2) is 6.10 Å². The summed E-state index contributed by atoms with van der Waals surface area (Å²) in [6.07, 6.45) is 27.5. The van der Waals surface area contributed by atoms with E-state index in [1.54, 1.807) is 12.2 Å². The van der Waals surface area contributed by atoms with Gasteiger partial charge in [0.2, 0.25) is 0 Å². The SMILES string of the molecule is CCCCCCCCCCCCCCCCCC(=O)OC[C@H](COP(=O)(O)OC[C@H](N)C(=O)O)OC(=O)CCC/C=C\C[C@H]1C(=O)C[C@@H](O)[C@@H]1/C=C/[C@@H](O)CCCCC. The molecule has 1 fully saturated rings. The zero-order valence-electron chi connectivity index (χ0n) is 36.1. The Morgan fingerprint density at radius 1 is 0.780 bits per heavy atom. The fourth-order valence-electron chi connectivity index (χ4n) is 6.93. The van der Waals surface area contributed by atoms with Crippen LogP contribution >= 0.6 is 7.82 Å². The van der Waals surface area contributed by atoms with E-state index in [1.807, 2.05) is 12.2 Å². The minimum atomic E-state index is -4.79. The molecule has 342 valence electrons. The quantitative estimate of drug-likeness (QED) is 0.0170. The Hall–Kier alpha value is -2.45. The Kier molecular flexibility index (Phi) is 31.6. The molecule has 1 aliphatic carbocycles. The number of aliphatic hydroxyl groups excluding tert-OH is 2. The smallest absolute Gasteiger partial charge is 0.472 e. The molecule has 0 aliphatic heterocycles. The van der Waals surface area contributed by atoms with Crippen molar-refractivity contribution >= 4 is 31.5 Å². The molecule has 1 rings (SSSR count). The maximum atomic E-state index is 12.7. The van der Waals surface area contributed by atoms with Crippen molar-refractivity contribution < 1.29 is 62.5 Å². The molecule has 0 amide bonds. The van der Waals surface area contributed by atoms with Crippen LogP contribution in [-0.4, -0.2) is 88.1 Å². The number of aliphatic carboxylic acids is 1. The van der Waals surface area contributed by atoms with E-state index in [4.69, 9.17) is 24.8 Å². The number of nitrogens with two attached hydrogens (primary N) is 1. The van der Waals surface area contributed by atoms with Crippen molar-refractivity contribution in [3.63, 3.8) is 0 Å². The van der Waals surface area contributed by atoms with Crippen LogP contribution in [0.15, 0.2) is 24.3 Å². The number of carbonyl (C=O) groups is 4. The summed E-state index contributed by atoms with van der Waals surface area (Å²) in [6, 6.07) is -1.56. The maximum absolute atomic E-state index is 12.7. The van der Waals surface area contributed by atoms with Gasteiger partial charge >= 0.3 is 25.7 Å². The second-order valence-electron chi connectivity index (χ2n) is 16.0. The number of phosphoric ester groups is 1. The van der Waals surface area contributed by atoms with Crippen LogP contribution in [0.4, 0.5) is 0 Å². The molecule has 0 heterocycles. The highest BCUT2D eigenvalue weighted by molar-refractivity contribution is 7.47. The number of rotatable bonds is 38. The van der Waals surface area contributed by atoms with Crippen molar-refractivity contribution in [3.8, 4) is 0 Å². The standard InChI is InChI=1S/C44H78NO13P/c1-3-5-7-8-9-10-11-12-13-14-15-16-17-18-23-27-42(49)55-32-36(33-56-59(53,54)57-34-39(45)44(51)52)58-43(50)28-24-20-19-22-26-37-38(41(48)31-40(37)47)30-29-35(46)25-21-6-4-2/h19,22,29-30,35-39,41,46,48H,3-18,20-21,23-28,31-34,45H2,1-2H3,(H,51,52)(H,53,54)/b22-19-,30-29+/t35-,36+,37+,38+,39-,41+/m0/s1. The van der Waals surface area contributed by atoms with Gasteiger partial charge in [-0.05, 0) is 32.1 Å². The Morgan fingerprint density at radius 3 is 1.92 bits per heavy atom. The van der Waals surface area contributed by atoms with Gasteiger partial charge in [0.25, 0.3) is 0 Å². The van der Waals surface area contributed by atoms with Crippen molar-refractivity contribution in [2.24, 2.45) is 17.6 Å². The third kappa shape index (κ3) is 28.7. The van der Waals surface area contributed by atoms with E-state index in [2.05, 4.69) is 18.4 Å². The first-order valence-electron chi connectivity index (χ1n) is 22.5. The highest BCUT2D eigenvalue weighted by Gasteiger charge is 2.39. The summed E-state index contributed by atoms with van der Waals surface area (Å²) in [7, 11) is -4.79. The second-order valence-corrected chi connectivity index (χ2v) is 17.4. The highest BCUT2D eigenvalue weighted by atomic mass is 31.2. The van der Waals surface area contributed by atoms with Gasteiger partial charge in [0.1, 0.15) is 18.4 Å². The summed E-state index contributed by atoms with van der Waals surface area (Å²) in [5.41, 5.74) is 5.33. The molecule has 1 saturated carbocycles. The number of Topliss-reactive ketones (excluding diaryl/α,β-unsaturated/α-hetero) is 1. The molecule has 0 radical (unpaired) electrons. The van der Waals surface area contributed by atoms with Crippen molar-refractivity contribution in [1.82, 2.24) is 0 Å². The number of allylic oxidation sites excluding steroid dienone is 2. The van der Waals surface area contributed by atoms with Crippen LogP contribution in [0.25, 0.3) is 0 Å². The van der Waals surface area contributed by atoms with Gasteiger partial charge in [-0.25, -0.2) is 4.57 Å². The second kappa shape index (κ2) is 34.2. The van der Waals surface area contributed by atoms with E-state index in [9.17, 15) is 38.8 Å². The van der Waals surface area contributed by atoms with Crippen LogP contribution in [0.3, 0.4) is 0 Å². The average molecular weight is 860 g/mol. The Morgan fingerprint density at radius 2 is 1.32 bits per heavy atom. The van der Waals surface area contributed by atoms with Crippen LogP contribution in [0.2, 0.25) is 0 Å². The molecule has 1 unspecified atom stereocenters. The monoisotopic (exact) mass is 860 g/mol. The number of aliphatic hydroxyl groups is 2. The van der Waals surface area contributed by atoms with Gasteiger partial charge in [0, 0.05) is 31.1 Å². The minimum Gasteiger partial charge on any atom is -0.480 e. The number of esters is 2. The summed E-state index contributed by atoms with van der Waals surface area (Å²) in [6.45, 7) is 2.43. The lowest BCUT2D eigenvalue weighted by molar-refractivity contribution is -0.161. The van der Waals surface area contributed by atoms with Crippen LogP contribution in [0.5, 0.6) is 0 Å². The number of ketones is 1. The number of hydrogen-bond donors (Lipinski definition) is 5. The lowest BCUT2D eigenvalue weighted by Crippen LogP contribution is -2.34. The van der Waals surface area contributed by atoms with Gasteiger partial charge in [-0.15, -0.1) is 0 Å². The van der Waals surface area contributed by atoms with Crippen LogP contribution < -0.4 is 5.73 Å². The van der Waals surface area contributed by atoms with E-state index < -0.39 is 75.8 Å². The predicted molar refractivity (Wildman–Crippen MR) is 227 cm³/mol. The van der Waals surface area contributed by atoms with Crippen molar-refractivity contribution in [2.45, 2.75) is 199 Å². The van der Waals surface area contributed by atoms with Gasteiger partial charge < -0.3 is 35.4 Å². The van der Waals surface area contributed by atoms with Crippen molar-refractivity contribution in [2.75, 3.05) is 19.8 Å². The molecular weight excluding hydrogens is 781 g/mol. The summed E-state index contributed by atoms with van der Waals surface area (Å²) < 4.78 is 32.7. The number of carbonyl (C=O) groups excluding carboxylic acids is 3. The summed E-state index contributed by atoms with van der Waals surface area (Å²) in [5.74, 6) is -3.43. The van der Waals surface area contributed by atoms with Gasteiger partial charge in [0.05, 0.1) is 25.4 Å². The Bertz CT molecular complexity index is 1260. The van der Waals surface area contributed by atoms with E-state index in [0.29, 0.717) is 32.1 Å². The van der Waals surface area contributed by atoms with Crippen LogP contribution in [0.1, 0.15) is 174 Å². The van der Waals surface area contributed by atoms with Crippen LogP contribution in [0, 0.1) is 11.8 Å². The Labute approximate surface area is 353 Å². The molecule has 14 nitrogen and oxygen atoms in total. The normalized spacial score (nSPS) is 19.6. The number of hydrogen-bond acceptors (Lipinski definition) is 12.